The van der Waals surface area contributed by atoms with E-state index in [0.29, 0.717) is 31.1 Å². The number of rotatable bonds is 2. The molecule has 0 N–H and O–H groups in total. The predicted octanol–water partition coefficient (Wildman–Crippen LogP) is 4.45. The topological polar surface area (TPSA) is 62.7 Å². The highest BCUT2D eigenvalue weighted by Crippen LogP contribution is 2.33. The highest BCUT2D eigenvalue weighted by Gasteiger charge is 2.32. The van der Waals surface area contributed by atoms with E-state index < -0.39 is 6.09 Å². The Balaban J connectivity index is 1.38. The number of anilines is 1. The second kappa shape index (κ2) is 7.67. The Labute approximate surface area is 175 Å². The molecule has 152 valence electrons. The molecule has 1 saturated heterocycles. The standard InChI is InChI=1S/C22H24ClN3O3/c1-22(2)8-10-26(20(27)12-22)18-5-6-19(24-13-18)29-21(28)25-9-7-15-11-17(23)4-3-16(15)14-25/h3-6,11,13H,7-10,12,14H2,1-2H3. The summed E-state index contributed by atoms with van der Waals surface area (Å²) < 4.78 is 5.44. The van der Waals surface area contributed by atoms with E-state index in [1.165, 1.54) is 5.56 Å². The van der Waals surface area contributed by atoms with Gasteiger partial charge in [0.1, 0.15) is 0 Å². The Bertz CT molecular complexity index is 943. The Morgan fingerprint density at radius 2 is 2.00 bits per heavy atom. The van der Waals surface area contributed by atoms with E-state index in [1.807, 2.05) is 18.2 Å². The van der Waals surface area contributed by atoms with Crippen LogP contribution in [0.2, 0.25) is 5.02 Å². The van der Waals surface area contributed by atoms with Crippen molar-refractivity contribution in [2.45, 2.75) is 39.7 Å². The van der Waals surface area contributed by atoms with Crippen molar-refractivity contribution in [1.82, 2.24) is 9.88 Å². The molecule has 0 bridgehead atoms. The van der Waals surface area contributed by atoms with Gasteiger partial charge in [0.25, 0.3) is 0 Å². The molecular weight excluding hydrogens is 390 g/mol. The van der Waals surface area contributed by atoms with E-state index in [-0.39, 0.29) is 17.2 Å². The fraction of sp³-hybridized carbons (Fsp3) is 0.409. The molecule has 2 aliphatic rings. The third kappa shape index (κ3) is 4.37. The molecule has 1 aromatic carbocycles. The minimum absolute atomic E-state index is 0.0366. The predicted molar refractivity (Wildman–Crippen MR) is 111 cm³/mol. The van der Waals surface area contributed by atoms with Crippen molar-refractivity contribution >= 4 is 29.3 Å². The fourth-order valence-electron chi connectivity index (χ4n) is 3.83. The molecule has 2 aromatic rings. The largest absolute Gasteiger partial charge is 0.416 e. The smallest absolute Gasteiger partial charge is 0.391 e. The molecule has 0 atom stereocenters. The van der Waals surface area contributed by atoms with Crippen LogP contribution < -0.4 is 9.64 Å². The van der Waals surface area contributed by atoms with Gasteiger partial charge in [0.05, 0.1) is 11.9 Å². The normalized spacial score (nSPS) is 18.4. The van der Waals surface area contributed by atoms with Crippen molar-refractivity contribution in [3.63, 3.8) is 0 Å². The van der Waals surface area contributed by atoms with Gasteiger partial charge in [-0.05, 0) is 47.6 Å². The molecule has 29 heavy (non-hydrogen) atoms. The Morgan fingerprint density at radius 1 is 1.17 bits per heavy atom. The van der Waals surface area contributed by atoms with Gasteiger partial charge in [-0.25, -0.2) is 9.78 Å². The van der Waals surface area contributed by atoms with Crippen molar-refractivity contribution < 1.29 is 14.3 Å². The molecule has 0 spiro atoms. The molecule has 1 aromatic heterocycles. The molecular formula is C22H24ClN3O3. The quantitative estimate of drug-likeness (QED) is 0.729. The molecule has 7 heteroatoms. The summed E-state index contributed by atoms with van der Waals surface area (Å²) >= 11 is 6.04. The minimum Gasteiger partial charge on any atom is -0.391 e. The summed E-state index contributed by atoms with van der Waals surface area (Å²) in [6.45, 7) is 5.95. The summed E-state index contributed by atoms with van der Waals surface area (Å²) in [5.74, 6) is 0.324. The van der Waals surface area contributed by atoms with Gasteiger partial charge in [0.2, 0.25) is 11.8 Å². The maximum atomic E-state index is 12.5. The van der Waals surface area contributed by atoms with Gasteiger partial charge in [0.15, 0.2) is 0 Å². The van der Waals surface area contributed by atoms with Crippen LogP contribution in [0, 0.1) is 5.41 Å². The Hall–Kier alpha value is -2.60. The lowest BCUT2D eigenvalue weighted by Gasteiger charge is -2.36. The molecule has 4 rings (SSSR count). The van der Waals surface area contributed by atoms with Crippen molar-refractivity contribution in [2.75, 3.05) is 18.0 Å². The van der Waals surface area contributed by atoms with E-state index in [1.54, 1.807) is 28.1 Å². The zero-order valence-electron chi connectivity index (χ0n) is 16.7. The van der Waals surface area contributed by atoms with E-state index in [2.05, 4.69) is 18.8 Å². The first-order valence-corrected chi connectivity index (χ1v) is 10.2. The molecule has 0 radical (unpaired) electrons. The number of benzene rings is 1. The van der Waals surface area contributed by atoms with Crippen LogP contribution in [0.25, 0.3) is 0 Å². The third-order valence-electron chi connectivity index (χ3n) is 5.61. The van der Waals surface area contributed by atoms with E-state index >= 15 is 0 Å². The first-order valence-electron chi connectivity index (χ1n) is 9.81. The van der Waals surface area contributed by atoms with E-state index in [9.17, 15) is 9.59 Å². The number of ether oxygens (including phenoxy) is 1. The number of nitrogens with zero attached hydrogens (tertiary/aromatic N) is 3. The number of carbonyl (C=O) groups excluding carboxylic acids is 2. The van der Waals surface area contributed by atoms with Crippen LogP contribution in [-0.2, 0) is 17.8 Å². The monoisotopic (exact) mass is 413 g/mol. The zero-order chi connectivity index (χ0) is 20.6. The van der Waals surface area contributed by atoms with Gasteiger partial charge < -0.3 is 14.5 Å². The lowest BCUT2D eigenvalue weighted by Crippen LogP contribution is -2.42. The number of hydrogen-bond donors (Lipinski definition) is 0. The van der Waals surface area contributed by atoms with E-state index in [0.717, 1.165) is 24.1 Å². The van der Waals surface area contributed by atoms with Crippen molar-refractivity contribution in [3.8, 4) is 5.88 Å². The molecule has 1 fully saturated rings. The van der Waals surface area contributed by atoms with Crippen LogP contribution in [0.1, 0.15) is 37.8 Å². The number of amides is 2. The summed E-state index contributed by atoms with van der Waals surface area (Å²) in [4.78, 5) is 32.6. The molecule has 2 amide bonds. The highest BCUT2D eigenvalue weighted by atomic mass is 35.5. The van der Waals surface area contributed by atoms with Crippen LogP contribution in [0.5, 0.6) is 5.88 Å². The van der Waals surface area contributed by atoms with Gasteiger partial charge in [-0.1, -0.05) is 31.5 Å². The SMILES string of the molecule is CC1(C)CCN(c2ccc(OC(=O)N3CCc4cc(Cl)ccc4C3)nc2)C(=O)C1. The highest BCUT2D eigenvalue weighted by molar-refractivity contribution is 6.30. The lowest BCUT2D eigenvalue weighted by atomic mass is 9.82. The minimum atomic E-state index is -0.429. The van der Waals surface area contributed by atoms with Crippen LogP contribution in [-0.4, -0.2) is 35.0 Å². The Morgan fingerprint density at radius 3 is 2.72 bits per heavy atom. The molecule has 2 aliphatic heterocycles. The fourth-order valence-corrected chi connectivity index (χ4v) is 4.02. The second-order valence-corrected chi connectivity index (χ2v) is 8.88. The van der Waals surface area contributed by atoms with Crippen LogP contribution >= 0.6 is 11.6 Å². The summed E-state index contributed by atoms with van der Waals surface area (Å²) in [5, 5.41) is 0.708. The second-order valence-electron chi connectivity index (χ2n) is 8.44. The van der Waals surface area contributed by atoms with Crippen molar-refractivity contribution in [1.29, 1.82) is 0 Å². The van der Waals surface area contributed by atoms with Gasteiger partial charge in [-0.3, -0.25) is 4.79 Å². The third-order valence-corrected chi connectivity index (χ3v) is 5.84. The summed E-state index contributed by atoms with van der Waals surface area (Å²) in [6, 6.07) is 9.14. The summed E-state index contributed by atoms with van der Waals surface area (Å²) in [7, 11) is 0. The average Bonchev–Trinajstić information content (AvgIpc) is 2.68. The maximum absolute atomic E-state index is 12.5. The molecule has 0 unspecified atom stereocenters. The number of piperidine rings is 1. The van der Waals surface area contributed by atoms with Gasteiger partial charge >= 0.3 is 6.09 Å². The molecule has 3 heterocycles. The molecule has 0 saturated carbocycles. The Kier molecular flexibility index (Phi) is 5.21. The van der Waals surface area contributed by atoms with Crippen LogP contribution in [0.15, 0.2) is 36.5 Å². The number of fused-ring (bicyclic) bond motifs is 1. The van der Waals surface area contributed by atoms with Crippen molar-refractivity contribution in [2.24, 2.45) is 5.41 Å². The average molecular weight is 414 g/mol. The first kappa shape index (κ1) is 19.7. The van der Waals surface area contributed by atoms with Gasteiger partial charge in [0, 0.05) is 37.1 Å². The molecule has 0 aliphatic carbocycles. The zero-order valence-corrected chi connectivity index (χ0v) is 17.4. The number of halogens is 1. The maximum Gasteiger partial charge on any atom is 0.416 e. The van der Waals surface area contributed by atoms with Crippen LogP contribution in [0.3, 0.4) is 0 Å². The van der Waals surface area contributed by atoms with E-state index in [4.69, 9.17) is 16.3 Å². The summed E-state index contributed by atoms with van der Waals surface area (Å²) in [6.07, 6.45) is 3.36. The van der Waals surface area contributed by atoms with Crippen LogP contribution in [0.4, 0.5) is 10.5 Å². The summed E-state index contributed by atoms with van der Waals surface area (Å²) in [5.41, 5.74) is 3.01. The number of carbonyl (C=O) groups is 2. The molecule has 6 nitrogen and oxygen atoms in total. The lowest BCUT2D eigenvalue weighted by molar-refractivity contribution is -0.122. The van der Waals surface area contributed by atoms with Gasteiger partial charge in [-0.2, -0.15) is 0 Å². The number of aromatic nitrogens is 1. The first-order chi connectivity index (χ1) is 13.8. The number of hydrogen-bond acceptors (Lipinski definition) is 4. The van der Waals surface area contributed by atoms with Gasteiger partial charge in [-0.15, -0.1) is 0 Å². The number of pyridine rings is 1. The van der Waals surface area contributed by atoms with Crippen molar-refractivity contribution in [3.05, 3.63) is 52.7 Å².